The first-order chi connectivity index (χ1) is 14.4. The number of nitrogens with one attached hydrogen (secondary N) is 1. The zero-order chi connectivity index (χ0) is 23.0. The van der Waals surface area contributed by atoms with Gasteiger partial charge in [0.15, 0.2) is 0 Å². The maximum Gasteiger partial charge on any atom is 0.334 e. The van der Waals surface area contributed by atoms with Crippen LogP contribution in [-0.2, 0) is 25.0 Å². The second-order valence-electron chi connectivity index (χ2n) is 6.29. The number of anilines is 1. The Morgan fingerprint density at radius 2 is 1.58 bits per heavy atom. The topological polar surface area (TPSA) is 192 Å². The summed E-state index contributed by atoms with van der Waals surface area (Å²) in [4.78, 5) is 15.2. The number of benzene rings is 2. The van der Waals surface area contributed by atoms with Crippen molar-refractivity contribution < 1.29 is 45.8 Å². The van der Waals surface area contributed by atoms with E-state index < -0.39 is 47.8 Å². The molecular formula is C17H16N2O10S2. The predicted molar refractivity (Wildman–Crippen MR) is 106 cm³/mol. The lowest BCUT2D eigenvalue weighted by molar-refractivity contribution is -0.145. The Morgan fingerprint density at radius 1 is 0.935 bits per heavy atom. The smallest absolute Gasteiger partial charge is 0.334 e. The van der Waals surface area contributed by atoms with E-state index in [1.165, 1.54) is 18.2 Å². The van der Waals surface area contributed by atoms with Gasteiger partial charge in [-0.25, -0.2) is 4.79 Å². The van der Waals surface area contributed by atoms with Crippen LogP contribution in [-0.4, -0.2) is 53.4 Å². The quantitative estimate of drug-likeness (QED) is 0.308. The molecule has 0 spiro atoms. The summed E-state index contributed by atoms with van der Waals surface area (Å²) in [5.41, 5.74) is 0.362. The summed E-state index contributed by atoms with van der Waals surface area (Å²) in [6, 6.07) is 8.00. The Balaban J connectivity index is 1.80. The monoisotopic (exact) mass is 472 g/mol. The number of hydrogen-bond acceptors (Lipinski definition) is 9. The molecule has 0 aliphatic carbocycles. The third-order valence-corrected chi connectivity index (χ3v) is 5.84. The first-order valence-corrected chi connectivity index (χ1v) is 11.3. The van der Waals surface area contributed by atoms with Gasteiger partial charge in [-0.2, -0.15) is 16.8 Å². The maximum atomic E-state index is 11.8. The summed E-state index contributed by atoms with van der Waals surface area (Å²) in [5.74, 6) is -1.74. The SMILES string of the molecule is O=C(CCNc1ccc2c(S(=O)(=O)O)cc(S(=O)(=O)O)cc2c1)On1c(O)ccc1O. The van der Waals surface area contributed by atoms with Gasteiger partial charge in [0.2, 0.25) is 11.8 Å². The fraction of sp³-hybridized carbons (Fsp3) is 0.118. The van der Waals surface area contributed by atoms with Gasteiger partial charge in [0.1, 0.15) is 4.90 Å². The lowest BCUT2D eigenvalue weighted by atomic mass is 10.1. The van der Waals surface area contributed by atoms with Crippen molar-refractivity contribution in [3.8, 4) is 11.8 Å². The molecule has 0 aliphatic heterocycles. The van der Waals surface area contributed by atoms with Crippen molar-refractivity contribution in [1.82, 2.24) is 4.73 Å². The number of nitrogens with zero attached hydrogens (tertiary/aromatic N) is 1. The molecular weight excluding hydrogens is 456 g/mol. The van der Waals surface area contributed by atoms with Gasteiger partial charge in [-0.15, -0.1) is 4.73 Å². The second kappa shape index (κ2) is 8.07. The van der Waals surface area contributed by atoms with Gasteiger partial charge in [-0.05, 0) is 29.7 Å². The van der Waals surface area contributed by atoms with Crippen LogP contribution < -0.4 is 10.2 Å². The van der Waals surface area contributed by atoms with E-state index in [9.17, 15) is 40.9 Å². The molecule has 0 atom stereocenters. The number of fused-ring (bicyclic) bond motifs is 1. The molecule has 166 valence electrons. The lowest BCUT2D eigenvalue weighted by Gasteiger charge is -2.11. The minimum Gasteiger partial charge on any atom is -0.492 e. The minimum absolute atomic E-state index is 0.0124. The molecule has 12 nitrogen and oxygen atoms in total. The second-order valence-corrected chi connectivity index (χ2v) is 9.10. The molecule has 3 rings (SSSR count). The fourth-order valence-electron chi connectivity index (χ4n) is 2.73. The third kappa shape index (κ3) is 5.05. The van der Waals surface area contributed by atoms with Gasteiger partial charge in [0.25, 0.3) is 20.2 Å². The molecule has 14 heteroatoms. The van der Waals surface area contributed by atoms with Gasteiger partial charge < -0.3 is 20.4 Å². The van der Waals surface area contributed by atoms with E-state index in [1.807, 2.05) is 0 Å². The minimum atomic E-state index is -4.79. The van der Waals surface area contributed by atoms with E-state index in [1.54, 1.807) is 0 Å². The molecule has 0 saturated carbocycles. The predicted octanol–water partition coefficient (Wildman–Crippen LogP) is 1.00. The van der Waals surface area contributed by atoms with E-state index in [0.29, 0.717) is 16.5 Å². The highest BCUT2D eigenvalue weighted by molar-refractivity contribution is 7.86. The van der Waals surface area contributed by atoms with Crippen LogP contribution in [0.2, 0.25) is 0 Å². The van der Waals surface area contributed by atoms with Crippen LogP contribution in [0.25, 0.3) is 10.8 Å². The molecule has 0 bridgehead atoms. The summed E-state index contributed by atoms with van der Waals surface area (Å²) >= 11 is 0. The standard InChI is InChI=1S/C17H16N2O10S2/c20-15-3-4-16(21)19(15)29-17(22)5-6-18-11-1-2-13-10(7-11)8-12(30(23,24)25)9-14(13)31(26,27)28/h1-4,7-9,18,20-21H,5-6H2,(H,23,24,25)(H,26,27,28). The Bertz CT molecular complexity index is 1360. The lowest BCUT2D eigenvalue weighted by Crippen LogP contribution is -2.21. The number of carbonyl (C=O) groups excluding carboxylic acids is 1. The zero-order valence-corrected chi connectivity index (χ0v) is 17.1. The van der Waals surface area contributed by atoms with E-state index in [0.717, 1.165) is 18.2 Å². The number of aromatic hydroxyl groups is 2. The van der Waals surface area contributed by atoms with Gasteiger partial charge in [-0.3, -0.25) is 9.11 Å². The van der Waals surface area contributed by atoms with Gasteiger partial charge >= 0.3 is 5.97 Å². The number of aromatic nitrogens is 1. The molecule has 0 radical (unpaired) electrons. The average Bonchev–Trinajstić information content (AvgIpc) is 2.97. The maximum absolute atomic E-state index is 11.8. The first-order valence-electron chi connectivity index (χ1n) is 8.44. The van der Waals surface area contributed by atoms with Crippen LogP contribution >= 0.6 is 0 Å². The van der Waals surface area contributed by atoms with Crippen molar-refractivity contribution in [3.63, 3.8) is 0 Å². The molecule has 1 aromatic heterocycles. The van der Waals surface area contributed by atoms with E-state index in [4.69, 9.17) is 4.84 Å². The van der Waals surface area contributed by atoms with Crippen molar-refractivity contribution in [3.05, 3.63) is 42.5 Å². The molecule has 0 fully saturated rings. The van der Waals surface area contributed by atoms with Gasteiger partial charge in [0.05, 0.1) is 11.3 Å². The molecule has 0 saturated heterocycles. The van der Waals surface area contributed by atoms with Gasteiger partial charge in [-0.1, -0.05) is 6.07 Å². The highest BCUT2D eigenvalue weighted by atomic mass is 32.2. The Labute approximate surface area is 175 Å². The average molecular weight is 472 g/mol. The summed E-state index contributed by atoms with van der Waals surface area (Å²) in [5, 5.41) is 21.8. The largest absolute Gasteiger partial charge is 0.492 e. The number of carbonyl (C=O) groups is 1. The molecule has 5 N–H and O–H groups in total. The van der Waals surface area contributed by atoms with Crippen LogP contribution in [0, 0.1) is 0 Å². The van der Waals surface area contributed by atoms with Crippen LogP contribution in [0.4, 0.5) is 5.69 Å². The Kier molecular flexibility index (Phi) is 5.82. The molecule has 0 amide bonds. The van der Waals surface area contributed by atoms with Crippen molar-refractivity contribution in [2.75, 3.05) is 11.9 Å². The van der Waals surface area contributed by atoms with E-state index in [-0.39, 0.29) is 23.7 Å². The van der Waals surface area contributed by atoms with Crippen molar-refractivity contribution in [1.29, 1.82) is 0 Å². The molecule has 3 aromatic rings. The zero-order valence-electron chi connectivity index (χ0n) is 15.5. The normalized spacial score (nSPS) is 12.1. The molecule has 2 aromatic carbocycles. The van der Waals surface area contributed by atoms with Crippen LogP contribution in [0.1, 0.15) is 6.42 Å². The number of rotatable bonds is 7. The summed E-state index contributed by atoms with van der Waals surface area (Å²) < 4.78 is 65.3. The Morgan fingerprint density at radius 3 is 2.16 bits per heavy atom. The molecule has 1 heterocycles. The van der Waals surface area contributed by atoms with E-state index >= 15 is 0 Å². The van der Waals surface area contributed by atoms with Crippen molar-refractivity contribution in [2.24, 2.45) is 0 Å². The summed E-state index contributed by atoms with van der Waals surface area (Å²) in [7, 11) is -9.54. The third-order valence-electron chi connectivity index (χ3n) is 4.11. The van der Waals surface area contributed by atoms with Crippen LogP contribution in [0.15, 0.2) is 52.3 Å². The van der Waals surface area contributed by atoms with Crippen LogP contribution in [0.5, 0.6) is 11.8 Å². The summed E-state index contributed by atoms with van der Waals surface area (Å²) in [6.07, 6.45) is -0.198. The summed E-state index contributed by atoms with van der Waals surface area (Å²) in [6.45, 7) is 0.0241. The molecule has 0 aliphatic rings. The Hall–Kier alpha value is -3.33. The van der Waals surface area contributed by atoms with Crippen molar-refractivity contribution >= 4 is 42.7 Å². The first kappa shape index (κ1) is 22.4. The fourth-order valence-corrected chi connectivity index (χ4v) is 4.09. The number of hydrogen-bond donors (Lipinski definition) is 5. The molecule has 31 heavy (non-hydrogen) atoms. The highest BCUT2D eigenvalue weighted by Crippen LogP contribution is 2.29. The molecule has 0 unspecified atom stereocenters. The van der Waals surface area contributed by atoms with Crippen molar-refractivity contribution in [2.45, 2.75) is 16.2 Å². The van der Waals surface area contributed by atoms with Crippen LogP contribution in [0.3, 0.4) is 0 Å². The van der Waals surface area contributed by atoms with Gasteiger partial charge in [0, 0.05) is 29.8 Å². The highest BCUT2D eigenvalue weighted by Gasteiger charge is 2.20. The van der Waals surface area contributed by atoms with E-state index in [2.05, 4.69) is 5.32 Å².